The van der Waals surface area contributed by atoms with E-state index in [0.717, 1.165) is 5.56 Å². The van der Waals surface area contributed by atoms with Gasteiger partial charge in [-0.2, -0.15) is 0 Å². The molecule has 0 bridgehead atoms. The van der Waals surface area contributed by atoms with Crippen molar-refractivity contribution in [2.75, 3.05) is 11.8 Å². The van der Waals surface area contributed by atoms with Gasteiger partial charge in [-0.1, -0.05) is 23.7 Å². The average Bonchev–Trinajstić information content (AvgIpc) is 2.37. The van der Waals surface area contributed by atoms with Gasteiger partial charge in [-0.05, 0) is 36.8 Å². The Morgan fingerprint density at radius 2 is 1.90 bits per heavy atom. The number of sulfonamides is 1. The standard InChI is InChI=1S/C14H14ClNO3S/c1-10-4-3-5-11(8-10)16-20(17,18)14-7-6-12(19-2)9-13(14)15/h3-9,16H,1-2H3. The Kier molecular flexibility index (Phi) is 4.20. The molecule has 0 radical (unpaired) electrons. The van der Waals surface area contributed by atoms with Gasteiger partial charge in [0.1, 0.15) is 10.6 Å². The molecule has 2 aromatic carbocycles. The first-order chi connectivity index (χ1) is 9.42. The van der Waals surface area contributed by atoms with E-state index in [2.05, 4.69) is 4.72 Å². The first-order valence-corrected chi connectivity index (χ1v) is 7.71. The molecule has 0 amide bonds. The minimum Gasteiger partial charge on any atom is -0.497 e. The van der Waals surface area contributed by atoms with E-state index in [1.165, 1.54) is 19.2 Å². The summed E-state index contributed by atoms with van der Waals surface area (Å²) < 4.78 is 32.1. The minimum absolute atomic E-state index is 0.0153. The molecule has 0 unspecified atom stereocenters. The van der Waals surface area contributed by atoms with Crippen molar-refractivity contribution >= 4 is 27.3 Å². The summed E-state index contributed by atoms with van der Waals surface area (Å²) >= 11 is 5.99. The lowest BCUT2D eigenvalue weighted by molar-refractivity contribution is 0.414. The molecule has 0 saturated carbocycles. The Bertz CT molecular complexity index is 729. The number of nitrogens with one attached hydrogen (secondary N) is 1. The maximum absolute atomic E-state index is 12.3. The van der Waals surface area contributed by atoms with E-state index in [-0.39, 0.29) is 9.92 Å². The molecule has 2 rings (SSSR count). The number of halogens is 1. The van der Waals surface area contributed by atoms with Crippen LogP contribution in [-0.4, -0.2) is 15.5 Å². The molecule has 0 saturated heterocycles. The zero-order chi connectivity index (χ0) is 14.8. The molecule has 0 aromatic heterocycles. The van der Waals surface area contributed by atoms with E-state index in [1.807, 2.05) is 13.0 Å². The van der Waals surface area contributed by atoms with E-state index in [1.54, 1.807) is 24.3 Å². The summed E-state index contributed by atoms with van der Waals surface area (Å²) in [5.74, 6) is 0.504. The Morgan fingerprint density at radius 1 is 1.15 bits per heavy atom. The van der Waals surface area contributed by atoms with Crippen LogP contribution in [0, 0.1) is 6.92 Å². The molecule has 1 N–H and O–H groups in total. The average molecular weight is 312 g/mol. The topological polar surface area (TPSA) is 55.4 Å². The van der Waals surface area contributed by atoms with Gasteiger partial charge in [0, 0.05) is 11.8 Å². The predicted molar refractivity (Wildman–Crippen MR) is 80.0 cm³/mol. The van der Waals surface area contributed by atoms with Crippen molar-refractivity contribution < 1.29 is 13.2 Å². The predicted octanol–water partition coefficient (Wildman–Crippen LogP) is 3.46. The number of anilines is 1. The number of ether oxygens (including phenoxy) is 1. The second-order valence-corrected chi connectivity index (χ2v) is 6.33. The number of benzene rings is 2. The van der Waals surface area contributed by atoms with Gasteiger partial charge < -0.3 is 4.74 Å². The van der Waals surface area contributed by atoms with Crippen molar-refractivity contribution in [2.45, 2.75) is 11.8 Å². The maximum Gasteiger partial charge on any atom is 0.263 e. The fourth-order valence-electron chi connectivity index (χ4n) is 1.75. The molecule has 2 aromatic rings. The lowest BCUT2D eigenvalue weighted by Gasteiger charge is -2.10. The highest BCUT2D eigenvalue weighted by molar-refractivity contribution is 7.92. The zero-order valence-electron chi connectivity index (χ0n) is 11.1. The van der Waals surface area contributed by atoms with Crippen molar-refractivity contribution in [1.82, 2.24) is 0 Å². The lowest BCUT2D eigenvalue weighted by Crippen LogP contribution is -2.13. The molecule has 20 heavy (non-hydrogen) atoms. The number of hydrogen-bond donors (Lipinski definition) is 1. The summed E-state index contributed by atoms with van der Waals surface area (Å²) in [5.41, 5.74) is 1.46. The van der Waals surface area contributed by atoms with Crippen LogP contribution in [0.5, 0.6) is 5.75 Å². The first-order valence-electron chi connectivity index (χ1n) is 5.85. The number of methoxy groups -OCH3 is 1. The third-order valence-corrected chi connectivity index (χ3v) is 4.56. The van der Waals surface area contributed by atoms with Crippen molar-refractivity contribution in [1.29, 1.82) is 0 Å². The van der Waals surface area contributed by atoms with Crippen LogP contribution in [0.2, 0.25) is 5.02 Å². The summed E-state index contributed by atoms with van der Waals surface area (Å²) in [7, 11) is -2.23. The molecule has 0 spiro atoms. The van der Waals surface area contributed by atoms with Gasteiger partial charge in [-0.25, -0.2) is 8.42 Å². The molecular weight excluding hydrogens is 298 g/mol. The van der Waals surface area contributed by atoms with Crippen molar-refractivity contribution in [3.8, 4) is 5.75 Å². The van der Waals surface area contributed by atoms with Crippen LogP contribution in [0.15, 0.2) is 47.4 Å². The minimum atomic E-state index is -3.72. The molecule has 0 fully saturated rings. The smallest absolute Gasteiger partial charge is 0.263 e. The molecule has 6 heteroatoms. The third-order valence-electron chi connectivity index (χ3n) is 2.70. The van der Waals surface area contributed by atoms with Crippen LogP contribution >= 0.6 is 11.6 Å². The van der Waals surface area contributed by atoms with E-state index < -0.39 is 10.0 Å². The van der Waals surface area contributed by atoms with Gasteiger partial charge in [0.15, 0.2) is 0 Å². The second kappa shape index (κ2) is 5.73. The van der Waals surface area contributed by atoms with Crippen LogP contribution in [0.3, 0.4) is 0 Å². The largest absolute Gasteiger partial charge is 0.497 e. The maximum atomic E-state index is 12.3. The van der Waals surface area contributed by atoms with E-state index in [0.29, 0.717) is 11.4 Å². The van der Waals surface area contributed by atoms with Gasteiger partial charge in [-0.15, -0.1) is 0 Å². The molecule has 0 aliphatic heterocycles. The Morgan fingerprint density at radius 3 is 2.50 bits per heavy atom. The van der Waals surface area contributed by atoms with Crippen molar-refractivity contribution in [3.63, 3.8) is 0 Å². The molecular formula is C14H14ClNO3S. The highest BCUT2D eigenvalue weighted by Gasteiger charge is 2.18. The Hall–Kier alpha value is -1.72. The SMILES string of the molecule is COc1ccc(S(=O)(=O)Nc2cccc(C)c2)c(Cl)c1. The van der Waals surface area contributed by atoms with E-state index in [4.69, 9.17) is 16.3 Å². The Labute approximate surface area is 123 Å². The molecule has 0 aliphatic rings. The van der Waals surface area contributed by atoms with Crippen LogP contribution < -0.4 is 9.46 Å². The fraction of sp³-hybridized carbons (Fsp3) is 0.143. The van der Waals surface area contributed by atoms with Gasteiger partial charge >= 0.3 is 0 Å². The van der Waals surface area contributed by atoms with Crippen molar-refractivity contribution in [2.24, 2.45) is 0 Å². The normalized spacial score (nSPS) is 11.2. The molecule has 0 aliphatic carbocycles. The Balaban J connectivity index is 2.36. The molecule has 0 heterocycles. The summed E-state index contributed by atoms with van der Waals surface area (Å²) in [6.07, 6.45) is 0. The van der Waals surface area contributed by atoms with E-state index >= 15 is 0 Å². The van der Waals surface area contributed by atoms with Crippen LogP contribution in [0.4, 0.5) is 5.69 Å². The summed E-state index contributed by atoms with van der Waals surface area (Å²) in [5, 5.41) is 0.115. The lowest BCUT2D eigenvalue weighted by atomic mass is 10.2. The summed E-state index contributed by atoms with van der Waals surface area (Å²) in [6, 6.07) is 11.5. The molecule has 0 atom stereocenters. The number of hydrogen-bond acceptors (Lipinski definition) is 3. The second-order valence-electron chi connectivity index (χ2n) is 4.27. The van der Waals surface area contributed by atoms with E-state index in [9.17, 15) is 8.42 Å². The van der Waals surface area contributed by atoms with Gasteiger partial charge in [-0.3, -0.25) is 4.72 Å². The highest BCUT2D eigenvalue weighted by Crippen LogP contribution is 2.27. The van der Waals surface area contributed by atoms with Crippen LogP contribution in [-0.2, 0) is 10.0 Å². The summed E-state index contributed by atoms with van der Waals surface area (Å²) in [6.45, 7) is 1.89. The zero-order valence-corrected chi connectivity index (χ0v) is 12.6. The van der Waals surface area contributed by atoms with Gasteiger partial charge in [0.2, 0.25) is 0 Å². The third kappa shape index (κ3) is 3.23. The fourth-order valence-corrected chi connectivity index (χ4v) is 3.33. The molecule has 106 valence electrons. The quantitative estimate of drug-likeness (QED) is 0.940. The first kappa shape index (κ1) is 14.7. The van der Waals surface area contributed by atoms with Gasteiger partial charge in [0.05, 0.1) is 12.1 Å². The number of aryl methyl sites for hydroxylation is 1. The molecule has 4 nitrogen and oxygen atoms in total. The highest BCUT2D eigenvalue weighted by atomic mass is 35.5. The van der Waals surface area contributed by atoms with Crippen LogP contribution in [0.25, 0.3) is 0 Å². The number of rotatable bonds is 4. The summed E-state index contributed by atoms with van der Waals surface area (Å²) in [4.78, 5) is 0.0153. The van der Waals surface area contributed by atoms with Crippen LogP contribution in [0.1, 0.15) is 5.56 Å². The van der Waals surface area contributed by atoms with Crippen molar-refractivity contribution in [3.05, 3.63) is 53.1 Å². The monoisotopic (exact) mass is 311 g/mol. The van der Waals surface area contributed by atoms with Gasteiger partial charge in [0.25, 0.3) is 10.0 Å².